The normalized spacial score (nSPS) is 16.2. The molecule has 0 fully saturated rings. The first-order chi connectivity index (χ1) is 7.16. The number of hydrogen-bond donors (Lipinski definition) is 3. The van der Waals surface area contributed by atoms with Gasteiger partial charge in [-0.3, -0.25) is 10.2 Å². The molecule has 0 spiro atoms. The molecule has 82 valence electrons. The lowest BCUT2D eigenvalue weighted by Gasteiger charge is -2.26. The van der Waals surface area contributed by atoms with Crippen molar-refractivity contribution >= 4 is 23.7 Å². The van der Waals surface area contributed by atoms with Crippen LogP contribution in [0.3, 0.4) is 0 Å². The highest BCUT2D eigenvalue weighted by Crippen LogP contribution is 2.05. The Bertz CT molecular complexity index is 316. The van der Waals surface area contributed by atoms with E-state index in [0.717, 1.165) is 0 Å². The van der Waals surface area contributed by atoms with Crippen molar-refractivity contribution in [2.75, 3.05) is 6.54 Å². The van der Waals surface area contributed by atoms with Gasteiger partial charge >= 0.3 is 5.97 Å². The van der Waals surface area contributed by atoms with Gasteiger partial charge in [-0.1, -0.05) is 12.2 Å². The second-order valence-corrected chi connectivity index (χ2v) is 2.98. The summed E-state index contributed by atoms with van der Waals surface area (Å²) in [6.07, 6.45) is 6.71. The van der Waals surface area contributed by atoms with Crippen LogP contribution < -0.4 is 10.4 Å². The van der Waals surface area contributed by atoms with Gasteiger partial charge in [-0.05, 0) is 17.9 Å². The number of rotatable bonds is 4. The molecule has 0 aromatic heterocycles. The van der Waals surface area contributed by atoms with Gasteiger partial charge in [0, 0.05) is 12.7 Å². The largest absolute Gasteiger partial charge is 0.479 e. The number of carboxylic acids is 1. The number of aliphatic carboxylic acids is 1. The van der Waals surface area contributed by atoms with Gasteiger partial charge < -0.3 is 10.0 Å². The van der Waals surface area contributed by atoms with Crippen LogP contribution >= 0.6 is 11.8 Å². The Morgan fingerprint density at radius 3 is 2.67 bits per heavy atom. The van der Waals surface area contributed by atoms with E-state index in [1.165, 1.54) is 11.1 Å². The quantitative estimate of drug-likeness (QED) is 0.349. The smallest absolute Gasteiger partial charge is 0.336 e. The summed E-state index contributed by atoms with van der Waals surface area (Å²) in [5.74, 6) is -1.96. The molecule has 15 heavy (non-hydrogen) atoms. The van der Waals surface area contributed by atoms with Gasteiger partial charge in [0.15, 0.2) is 0 Å². The first kappa shape index (κ1) is 11.5. The summed E-state index contributed by atoms with van der Waals surface area (Å²) in [4.78, 5) is 25.5. The second-order valence-electron chi connectivity index (χ2n) is 2.79. The minimum absolute atomic E-state index is 0.364. The van der Waals surface area contributed by atoms with E-state index in [0.29, 0.717) is 6.54 Å². The number of amides is 1. The lowest BCUT2D eigenvalue weighted by molar-refractivity contribution is -0.147. The van der Waals surface area contributed by atoms with Crippen molar-refractivity contribution < 1.29 is 14.7 Å². The van der Waals surface area contributed by atoms with Gasteiger partial charge in [-0.25, -0.2) is 4.79 Å². The summed E-state index contributed by atoms with van der Waals surface area (Å²) in [7, 11) is 0. The van der Waals surface area contributed by atoms with Gasteiger partial charge in [0.05, 0.1) is 0 Å². The van der Waals surface area contributed by atoms with Crippen LogP contribution in [-0.4, -0.2) is 34.5 Å². The third kappa shape index (κ3) is 2.97. The first-order valence-corrected chi connectivity index (χ1v) is 4.52. The van der Waals surface area contributed by atoms with Crippen molar-refractivity contribution in [3.63, 3.8) is 0 Å². The zero-order valence-corrected chi connectivity index (χ0v) is 8.44. The predicted molar refractivity (Wildman–Crippen MR) is 53.5 cm³/mol. The molecule has 1 aliphatic heterocycles. The van der Waals surface area contributed by atoms with Crippen LogP contribution in [0.1, 0.15) is 0 Å². The Morgan fingerprint density at radius 2 is 2.20 bits per heavy atom. The van der Waals surface area contributed by atoms with Crippen molar-refractivity contribution in [2.45, 2.75) is 6.04 Å². The number of hydrogen-bond acceptors (Lipinski definition) is 4. The summed E-state index contributed by atoms with van der Waals surface area (Å²) >= 11 is 5.06. The Balaban J connectivity index is 2.73. The maximum Gasteiger partial charge on any atom is 0.336 e. The Kier molecular flexibility index (Phi) is 4.14. The third-order valence-corrected chi connectivity index (χ3v) is 1.92. The molecule has 0 aromatic carbocycles. The van der Waals surface area contributed by atoms with Crippen molar-refractivity contribution in [3.05, 3.63) is 24.4 Å². The number of hydrazine groups is 1. The molecular formula is C8H10ClN3O3. The minimum atomic E-state index is -1.29. The zero-order valence-electron chi connectivity index (χ0n) is 7.68. The number of carbonyl (C=O) groups excluding carboxylic acids is 1. The van der Waals surface area contributed by atoms with E-state index in [2.05, 4.69) is 0 Å². The fourth-order valence-corrected chi connectivity index (χ4v) is 1.29. The van der Waals surface area contributed by atoms with E-state index in [1.54, 1.807) is 18.2 Å². The molecular weight excluding hydrogens is 222 g/mol. The molecule has 1 aliphatic rings. The average Bonchev–Trinajstić information content (AvgIpc) is 2.19. The predicted octanol–water partition coefficient (Wildman–Crippen LogP) is -0.400. The fourth-order valence-electron chi connectivity index (χ4n) is 1.19. The van der Waals surface area contributed by atoms with E-state index >= 15 is 0 Å². The number of nitrogens with zero attached hydrogens (tertiary/aromatic N) is 1. The second kappa shape index (κ2) is 5.38. The number of halogens is 1. The highest BCUT2D eigenvalue weighted by Gasteiger charge is 2.30. The molecule has 3 N–H and O–H groups in total. The number of carboxylic acid groups (broad SMARTS) is 1. The van der Waals surface area contributed by atoms with Crippen LogP contribution in [0.15, 0.2) is 24.4 Å². The van der Waals surface area contributed by atoms with E-state index in [9.17, 15) is 9.59 Å². The summed E-state index contributed by atoms with van der Waals surface area (Å²) in [6.45, 7) is 0.364. The Labute approximate surface area is 91.3 Å². The lowest BCUT2D eigenvalue weighted by Crippen LogP contribution is -2.51. The Hall–Kier alpha value is -1.53. The SMILES string of the molecule is O=C(O)C(C(=O)NNCl)N1C=CC=CC1. The third-order valence-electron chi connectivity index (χ3n) is 1.83. The molecule has 0 radical (unpaired) electrons. The van der Waals surface area contributed by atoms with Crippen molar-refractivity contribution in [1.29, 1.82) is 0 Å². The molecule has 1 heterocycles. The molecule has 0 bridgehead atoms. The van der Waals surface area contributed by atoms with Crippen molar-refractivity contribution in [1.82, 2.24) is 15.3 Å². The molecule has 1 unspecified atom stereocenters. The lowest BCUT2D eigenvalue weighted by atomic mass is 10.2. The number of allylic oxidation sites excluding steroid dienone is 2. The van der Waals surface area contributed by atoms with Gasteiger partial charge in [0.2, 0.25) is 6.04 Å². The van der Waals surface area contributed by atoms with Crippen LogP contribution in [0, 0.1) is 0 Å². The van der Waals surface area contributed by atoms with Crippen LogP contribution in [0.25, 0.3) is 0 Å². The van der Waals surface area contributed by atoms with Gasteiger partial charge in [0.1, 0.15) is 0 Å². The Morgan fingerprint density at radius 1 is 1.47 bits per heavy atom. The van der Waals surface area contributed by atoms with Crippen LogP contribution in [0.4, 0.5) is 0 Å². The van der Waals surface area contributed by atoms with Crippen LogP contribution in [-0.2, 0) is 9.59 Å². The van der Waals surface area contributed by atoms with Gasteiger partial charge in [-0.15, -0.1) is 4.94 Å². The van der Waals surface area contributed by atoms with E-state index in [-0.39, 0.29) is 0 Å². The van der Waals surface area contributed by atoms with Gasteiger partial charge in [-0.2, -0.15) is 0 Å². The minimum Gasteiger partial charge on any atom is -0.479 e. The molecule has 0 saturated heterocycles. The van der Waals surface area contributed by atoms with E-state index in [1.807, 2.05) is 10.4 Å². The first-order valence-electron chi connectivity index (χ1n) is 4.14. The number of carbonyl (C=O) groups is 2. The van der Waals surface area contributed by atoms with Crippen LogP contribution in [0.2, 0.25) is 0 Å². The highest BCUT2D eigenvalue weighted by molar-refractivity contribution is 6.14. The van der Waals surface area contributed by atoms with Gasteiger partial charge in [0.25, 0.3) is 5.91 Å². The molecule has 0 aromatic rings. The maximum absolute atomic E-state index is 11.3. The molecule has 6 nitrogen and oxygen atoms in total. The fraction of sp³-hybridized carbons (Fsp3) is 0.250. The summed E-state index contributed by atoms with van der Waals surface area (Å²) in [5.41, 5.74) is 2.02. The van der Waals surface area contributed by atoms with Crippen molar-refractivity contribution in [3.8, 4) is 0 Å². The molecule has 1 rings (SSSR count). The van der Waals surface area contributed by atoms with E-state index < -0.39 is 17.9 Å². The van der Waals surface area contributed by atoms with Crippen LogP contribution in [0.5, 0.6) is 0 Å². The average molecular weight is 232 g/mol. The molecule has 1 amide bonds. The molecule has 0 aliphatic carbocycles. The topological polar surface area (TPSA) is 81.7 Å². The molecule has 7 heteroatoms. The van der Waals surface area contributed by atoms with E-state index in [4.69, 9.17) is 16.9 Å². The zero-order chi connectivity index (χ0) is 11.3. The summed E-state index contributed by atoms with van der Waals surface area (Å²) in [5, 5.41) is 8.89. The molecule has 1 atom stereocenters. The summed E-state index contributed by atoms with van der Waals surface area (Å²) < 4.78 is 0. The summed E-state index contributed by atoms with van der Waals surface area (Å²) in [6, 6.07) is -1.29. The number of nitrogens with one attached hydrogen (secondary N) is 2. The maximum atomic E-state index is 11.3. The standard InChI is InChI=1S/C8H10ClN3O3/c9-11-10-7(13)6(8(14)15)12-4-2-1-3-5-12/h1-4,6,11H,5H2,(H,10,13)(H,14,15). The van der Waals surface area contributed by atoms with Crippen molar-refractivity contribution in [2.24, 2.45) is 0 Å². The molecule has 0 saturated carbocycles. The highest BCUT2D eigenvalue weighted by atomic mass is 35.5. The monoisotopic (exact) mass is 231 g/mol.